The quantitative estimate of drug-likeness (QED) is 0.524. The fourth-order valence-corrected chi connectivity index (χ4v) is 3.72. The van der Waals surface area contributed by atoms with E-state index in [2.05, 4.69) is 20.1 Å². The third-order valence-electron chi connectivity index (χ3n) is 4.24. The largest absolute Gasteiger partial charge is 0.494 e. The molecule has 1 aliphatic heterocycles. The van der Waals surface area contributed by atoms with Crippen molar-refractivity contribution < 1.29 is 14.3 Å². The van der Waals surface area contributed by atoms with E-state index in [0.29, 0.717) is 25.5 Å². The molecule has 0 radical (unpaired) electrons. The molecule has 146 valence electrons. The molecular weight excluding hydrogens is 364 g/mol. The fraction of sp³-hybridized carbons (Fsp3) is 0.526. The summed E-state index contributed by atoms with van der Waals surface area (Å²) >= 11 is 1.44. The van der Waals surface area contributed by atoms with Crippen molar-refractivity contribution in [2.45, 2.75) is 44.3 Å². The first-order valence-electron chi connectivity index (χ1n) is 9.43. The van der Waals surface area contributed by atoms with E-state index >= 15 is 0 Å². The molecule has 0 saturated carbocycles. The van der Waals surface area contributed by atoms with Crippen LogP contribution in [0.3, 0.4) is 0 Å². The Bertz CT molecular complexity index is 733. The summed E-state index contributed by atoms with van der Waals surface area (Å²) in [5.41, 5.74) is 0. The van der Waals surface area contributed by atoms with E-state index in [9.17, 15) is 4.79 Å². The Balaban J connectivity index is 1.35. The van der Waals surface area contributed by atoms with Crippen LogP contribution in [0.15, 0.2) is 29.4 Å². The zero-order valence-corrected chi connectivity index (χ0v) is 16.5. The summed E-state index contributed by atoms with van der Waals surface area (Å²) in [6, 6.07) is 7.46. The van der Waals surface area contributed by atoms with Gasteiger partial charge in [0, 0.05) is 13.0 Å². The van der Waals surface area contributed by atoms with Crippen molar-refractivity contribution in [2.75, 3.05) is 25.5 Å². The fourth-order valence-electron chi connectivity index (χ4n) is 2.90. The molecule has 0 atom stereocenters. The molecule has 0 bridgehead atoms. The average Bonchev–Trinajstić information content (AvgIpc) is 2.91. The van der Waals surface area contributed by atoms with Crippen LogP contribution in [0.1, 0.15) is 32.0 Å². The van der Waals surface area contributed by atoms with Crippen molar-refractivity contribution in [2.24, 2.45) is 0 Å². The highest BCUT2D eigenvalue weighted by atomic mass is 32.2. The predicted octanol–water partition coefficient (Wildman–Crippen LogP) is 2.69. The summed E-state index contributed by atoms with van der Waals surface area (Å²) in [5, 5.41) is 12.2. The van der Waals surface area contributed by atoms with Gasteiger partial charge in [-0.05, 0) is 44.0 Å². The summed E-state index contributed by atoms with van der Waals surface area (Å²) in [6.07, 6.45) is 4.51. The van der Waals surface area contributed by atoms with E-state index in [0.717, 1.165) is 48.3 Å². The lowest BCUT2D eigenvalue weighted by atomic mass is 10.2. The van der Waals surface area contributed by atoms with Crippen molar-refractivity contribution in [3.05, 3.63) is 30.1 Å². The van der Waals surface area contributed by atoms with Gasteiger partial charge in [0.2, 0.25) is 5.91 Å². The number of amides is 1. The highest BCUT2D eigenvalue weighted by Crippen LogP contribution is 2.21. The van der Waals surface area contributed by atoms with Gasteiger partial charge in [0.25, 0.3) is 0 Å². The Morgan fingerprint density at radius 3 is 2.70 bits per heavy atom. The average molecular weight is 391 g/mol. The Kier molecular flexibility index (Phi) is 7.38. The molecule has 2 aromatic rings. The number of aryl methyl sites for hydroxylation is 1. The van der Waals surface area contributed by atoms with Gasteiger partial charge in [-0.1, -0.05) is 18.2 Å². The Morgan fingerprint density at radius 2 is 1.93 bits per heavy atom. The predicted molar refractivity (Wildman–Crippen MR) is 104 cm³/mol. The van der Waals surface area contributed by atoms with Crippen LogP contribution in [-0.4, -0.2) is 46.2 Å². The number of aromatic nitrogens is 3. The number of rotatable bonds is 9. The van der Waals surface area contributed by atoms with E-state index in [1.807, 2.05) is 31.2 Å². The summed E-state index contributed by atoms with van der Waals surface area (Å²) < 4.78 is 13.2. The number of ether oxygens (including phenoxy) is 2. The zero-order chi connectivity index (χ0) is 18.9. The number of thioether (sulfide) groups is 1. The van der Waals surface area contributed by atoms with Crippen molar-refractivity contribution in [3.8, 4) is 11.5 Å². The molecule has 7 nitrogen and oxygen atoms in total. The third-order valence-corrected chi connectivity index (χ3v) is 5.20. The number of benzene rings is 1. The molecule has 1 N–H and O–H groups in total. The van der Waals surface area contributed by atoms with Crippen LogP contribution in [0.25, 0.3) is 0 Å². The summed E-state index contributed by atoms with van der Waals surface area (Å²) in [4.78, 5) is 12.0. The van der Waals surface area contributed by atoms with Gasteiger partial charge < -0.3 is 19.4 Å². The number of hydrogen-bond donors (Lipinski definition) is 1. The van der Waals surface area contributed by atoms with Gasteiger partial charge in [-0.15, -0.1) is 10.2 Å². The second-order valence-electron chi connectivity index (χ2n) is 6.25. The molecule has 0 unspecified atom stereocenters. The molecule has 1 aliphatic rings. The number of hydrogen-bond acceptors (Lipinski definition) is 6. The van der Waals surface area contributed by atoms with Crippen molar-refractivity contribution in [1.29, 1.82) is 0 Å². The molecule has 1 aromatic carbocycles. The molecular formula is C19H26N4O3S. The summed E-state index contributed by atoms with van der Waals surface area (Å²) in [7, 11) is 0. The van der Waals surface area contributed by atoms with Crippen LogP contribution in [-0.2, 0) is 17.8 Å². The number of nitrogens with zero attached hydrogens (tertiary/aromatic N) is 3. The number of fused-ring (bicyclic) bond motifs is 1. The second kappa shape index (κ2) is 10.2. The van der Waals surface area contributed by atoms with E-state index in [1.165, 1.54) is 18.2 Å². The standard InChI is InChI=1S/C19H26N4O3S/c1-2-25-15-7-9-16(10-8-15)26-13-11-20-18(24)14-27-19-22-21-17-6-4-3-5-12-23(17)19/h7-10H,2-6,11-14H2,1H3,(H,20,24). The Morgan fingerprint density at radius 1 is 1.15 bits per heavy atom. The van der Waals surface area contributed by atoms with Gasteiger partial charge >= 0.3 is 0 Å². The lowest BCUT2D eigenvalue weighted by Gasteiger charge is -2.09. The molecule has 3 rings (SSSR count). The number of carbonyl (C=O) groups is 1. The van der Waals surface area contributed by atoms with Crippen LogP contribution >= 0.6 is 11.8 Å². The van der Waals surface area contributed by atoms with E-state index in [-0.39, 0.29) is 5.91 Å². The second-order valence-corrected chi connectivity index (χ2v) is 7.20. The smallest absolute Gasteiger partial charge is 0.230 e. The first kappa shape index (κ1) is 19.5. The van der Waals surface area contributed by atoms with Crippen molar-refractivity contribution in [3.63, 3.8) is 0 Å². The van der Waals surface area contributed by atoms with Crippen LogP contribution in [0, 0.1) is 0 Å². The van der Waals surface area contributed by atoms with Crippen LogP contribution < -0.4 is 14.8 Å². The van der Waals surface area contributed by atoms with E-state index < -0.39 is 0 Å². The van der Waals surface area contributed by atoms with Crippen molar-refractivity contribution >= 4 is 17.7 Å². The third kappa shape index (κ3) is 5.89. The Labute approximate surface area is 163 Å². The maximum absolute atomic E-state index is 12.0. The van der Waals surface area contributed by atoms with E-state index in [4.69, 9.17) is 9.47 Å². The highest BCUT2D eigenvalue weighted by Gasteiger charge is 2.15. The van der Waals surface area contributed by atoms with Crippen LogP contribution in [0.5, 0.6) is 11.5 Å². The molecule has 8 heteroatoms. The number of carbonyl (C=O) groups excluding carboxylic acids is 1. The van der Waals surface area contributed by atoms with Gasteiger partial charge in [-0.2, -0.15) is 0 Å². The normalized spacial score (nSPS) is 13.5. The van der Waals surface area contributed by atoms with E-state index in [1.54, 1.807) is 0 Å². The molecule has 1 amide bonds. The molecule has 2 heterocycles. The molecule has 0 saturated heterocycles. The van der Waals surface area contributed by atoms with Crippen LogP contribution in [0.4, 0.5) is 0 Å². The van der Waals surface area contributed by atoms with Crippen molar-refractivity contribution in [1.82, 2.24) is 20.1 Å². The summed E-state index contributed by atoms with van der Waals surface area (Å²) in [6.45, 7) is 4.42. The Hall–Kier alpha value is -2.22. The highest BCUT2D eigenvalue weighted by molar-refractivity contribution is 7.99. The van der Waals surface area contributed by atoms with Gasteiger partial charge in [0.15, 0.2) is 5.16 Å². The maximum Gasteiger partial charge on any atom is 0.230 e. The van der Waals surface area contributed by atoms with Gasteiger partial charge in [0.1, 0.15) is 23.9 Å². The molecule has 0 aliphatic carbocycles. The molecule has 27 heavy (non-hydrogen) atoms. The first-order valence-corrected chi connectivity index (χ1v) is 10.4. The molecule has 0 fully saturated rings. The zero-order valence-electron chi connectivity index (χ0n) is 15.6. The maximum atomic E-state index is 12.0. The summed E-state index contributed by atoms with van der Waals surface area (Å²) in [5.74, 6) is 2.93. The topological polar surface area (TPSA) is 78.3 Å². The minimum Gasteiger partial charge on any atom is -0.494 e. The van der Waals surface area contributed by atoms with Crippen LogP contribution in [0.2, 0.25) is 0 Å². The minimum absolute atomic E-state index is 0.0266. The molecule has 0 spiro atoms. The monoisotopic (exact) mass is 390 g/mol. The minimum atomic E-state index is -0.0266. The van der Waals surface area contributed by atoms with Gasteiger partial charge in [-0.3, -0.25) is 4.79 Å². The van der Waals surface area contributed by atoms with Gasteiger partial charge in [-0.25, -0.2) is 0 Å². The van der Waals surface area contributed by atoms with Gasteiger partial charge in [0.05, 0.1) is 18.9 Å². The first-order chi connectivity index (χ1) is 13.3. The number of nitrogens with one attached hydrogen (secondary N) is 1. The lowest BCUT2D eigenvalue weighted by molar-refractivity contribution is -0.118. The lowest BCUT2D eigenvalue weighted by Crippen LogP contribution is -2.29. The SMILES string of the molecule is CCOc1ccc(OCCNC(=O)CSc2nnc3n2CCCCC3)cc1. The molecule has 1 aromatic heterocycles.